The van der Waals surface area contributed by atoms with Gasteiger partial charge < -0.3 is 0 Å². The van der Waals surface area contributed by atoms with Crippen LogP contribution in [0.1, 0.15) is 21.5 Å². The van der Waals surface area contributed by atoms with Crippen LogP contribution in [-0.4, -0.2) is 6.29 Å². The van der Waals surface area contributed by atoms with E-state index in [1.54, 1.807) is 13.0 Å². The number of aldehydes is 1. The van der Waals surface area contributed by atoms with Gasteiger partial charge in [0.05, 0.1) is 5.56 Å². The highest BCUT2D eigenvalue weighted by molar-refractivity contribution is 5.81. The van der Waals surface area contributed by atoms with Gasteiger partial charge >= 0.3 is 0 Å². The third kappa shape index (κ3) is 1.98. The number of halogens is 1. The molecular weight excluding hydrogens is 215 g/mol. The van der Waals surface area contributed by atoms with Crippen molar-refractivity contribution >= 4 is 6.29 Å². The molecule has 0 radical (unpaired) electrons. The van der Waals surface area contributed by atoms with Crippen molar-refractivity contribution in [3.8, 4) is 11.1 Å². The lowest BCUT2D eigenvalue weighted by Crippen LogP contribution is -1.98. The van der Waals surface area contributed by atoms with E-state index in [0.717, 1.165) is 16.7 Å². The fourth-order valence-corrected chi connectivity index (χ4v) is 2.13. The number of aryl methyl sites for hydroxylation is 1. The normalized spacial score (nSPS) is 10.3. The number of hydrogen-bond donors (Lipinski definition) is 0. The fraction of sp³-hybridized carbons (Fsp3) is 0.133. The predicted molar refractivity (Wildman–Crippen MR) is 66.7 cm³/mol. The molecular formula is C15H13FO. The summed E-state index contributed by atoms with van der Waals surface area (Å²) in [4.78, 5) is 10.7. The predicted octanol–water partition coefficient (Wildman–Crippen LogP) is 3.92. The first kappa shape index (κ1) is 11.5. The molecule has 0 aliphatic carbocycles. The lowest BCUT2D eigenvalue weighted by molar-refractivity contribution is 0.111. The van der Waals surface area contributed by atoms with E-state index in [1.165, 1.54) is 0 Å². The summed E-state index contributed by atoms with van der Waals surface area (Å²) >= 11 is 0. The minimum absolute atomic E-state index is 0.125. The van der Waals surface area contributed by atoms with E-state index >= 15 is 0 Å². The van der Waals surface area contributed by atoms with Gasteiger partial charge in [0.15, 0.2) is 6.29 Å². The van der Waals surface area contributed by atoms with Gasteiger partial charge in [0.2, 0.25) is 0 Å². The summed E-state index contributed by atoms with van der Waals surface area (Å²) in [5.41, 5.74) is 3.41. The Morgan fingerprint density at radius 2 is 1.76 bits per heavy atom. The molecule has 2 aromatic rings. The average Bonchev–Trinajstić information content (AvgIpc) is 2.35. The van der Waals surface area contributed by atoms with Crippen LogP contribution >= 0.6 is 0 Å². The smallest absolute Gasteiger partial charge is 0.153 e. The molecule has 0 N–H and O–H groups in total. The number of carbonyl (C=O) groups excluding carboxylic acids is 1. The van der Waals surface area contributed by atoms with Crippen LogP contribution in [0.15, 0.2) is 36.4 Å². The molecule has 0 fully saturated rings. The minimum Gasteiger partial charge on any atom is -0.298 e. The summed E-state index contributed by atoms with van der Waals surface area (Å²) in [6.45, 7) is 3.60. The zero-order valence-corrected chi connectivity index (χ0v) is 9.83. The van der Waals surface area contributed by atoms with Crippen LogP contribution in [0.25, 0.3) is 11.1 Å². The largest absolute Gasteiger partial charge is 0.298 e. The second-order valence-corrected chi connectivity index (χ2v) is 4.08. The lowest BCUT2D eigenvalue weighted by Gasteiger charge is -2.12. The van der Waals surface area contributed by atoms with E-state index in [9.17, 15) is 9.18 Å². The molecule has 0 amide bonds. The highest BCUT2D eigenvalue weighted by Gasteiger charge is 2.13. The second kappa shape index (κ2) is 4.50. The van der Waals surface area contributed by atoms with Crippen molar-refractivity contribution in [3.63, 3.8) is 0 Å². The summed E-state index contributed by atoms with van der Waals surface area (Å²) in [5.74, 6) is -0.426. The fourth-order valence-electron chi connectivity index (χ4n) is 2.13. The Kier molecular flexibility index (Phi) is 3.05. The highest BCUT2D eigenvalue weighted by Crippen LogP contribution is 2.30. The van der Waals surface area contributed by atoms with Crippen LogP contribution in [0.5, 0.6) is 0 Å². The molecule has 0 aromatic heterocycles. The third-order valence-corrected chi connectivity index (χ3v) is 2.91. The molecule has 0 spiro atoms. The molecule has 0 aliphatic heterocycles. The molecule has 1 nitrogen and oxygen atoms in total. The zero-order valence-electron chi connectivity index (χ0n) is 9.83. The van der Waals surface area contributed by atoms with Gasteiger partial charge in [-0.25, -0.2) is 4.39 Å². The van der Waals surface area contributed by atoms with E-state index in [2.05, 4.69) is 0 Å². The summed E-state index contributed by atoms with van der Waals surface area (Å²) in [7, 11) is 0. The Morgan fingerprint density at radius 1 is 1.12 bits per heavy atom. The SMILES string of the molecule is Cc1cc(C=O)c(F)c(C)c1-c1ccccc1. The molecule has 0 saturated carbocycles. The van der Waals surface area contributed by atoms with Crippen LogP contribution in [-0.2, 0) is 0 Å². The molecule has 17 heavy (non-hydrogen) atoms. The Labute approximate surface area is 99.9 Å². The number of carbonyl (C=O) groups is 1. The quantitative estimate of drug-likeness (QED) is 0.712. The van der Waals surface area contributed by atoms with Gasteiger partial charge in [-0.05, 0) is 42.2 Å². The molecule has 0 saturated heterocycles. The number of rotatable bonds is 2. The van der Waals surface area contributed by atoms with E-state index < -0.39 is 5.82 Å². The van der Waals surface area contributed by atoms with Gasteiger partial charge in [0.1, 0.15) is 5.82 Å². The summed E-state index contributed by atoms with van der Waals surface area (Å²) < 4.78 is 13.9. The molecule has 0 bridgehead atoms. The molecule has 0 atom stereocenters. The number of hydrogen-bond acceptors (Lipinski definition) is 1. The van der Waals surface area contributed by atoms with Crippen molar-refractivity contribution in [2.24, 2.45) is 0 Å². The molecule has 2 rings (SSSR count). The molecule has 2 aromatic carbocycles. The van der Waals surface area contributed by atoms with Crippen molar-refractivity contribution in [2.45, 2.75) is 13.8 Å². The Bertz CT molecular complexity index is 559. The van der Waals surface area contributed by atoms with Gasteiger partial charge in [0, 0.05) is 0 Å². The van der Waals surface area contributed by atoms with Crippen molar-refractivity contribution in [1.82, 2.24) is 0 Å². The third-order valence-electron chi connectivity index (χ3n) is 2.91. The summed E-state index contributed by atoms with van der Waals surface area (Å²) in [6.07, 6.45) is 0.560. The molecule has 86 valence electrons. The standard InChI is InChI=1S/C15H13FO/c1-10-8-13(9-17)15(16)11(2)14(10)12-6-4-3-5-7-12/h3-9H,1-2H3. The van der Waals surface area contributed by atoms with Gasteiger partial charge in [0.25, 0.3) is 0 Å². The van der Waals surface area contributed by atoms with Crippen molar-refractivity contribution in [1.29, 1.82) is 0 Å². The lowest BCUT2D eigenvalue weighted by atomic mass is 9.93. The minimum atomic E-state index is -0.426. The van der Waals surface area contributed by atoms with Crippen LogP contribution in [0, 0.1) is 19.7 Å². The maximum atomic E-state index is 13.9. The maximum absolute atomic E-state index is 13.9. The van der Waals surface area contributed by atoms with E-state index in [4.69, 9.17) is 0 Å². The first-order chi connectivity index (χ1) is 8.15. The van der Waals surface area contributed by atoms with Gasteiger partial charge in [-0.1, -0.05) is 30.3 Å². The maximum Gasteiger partial charge on any atom is 0.153 e. The van der Waals surface area contributed by atoms with Crippen LogP contribution < -0.4 is 0 Å². The van der Waals surface area contributed by atoms with E-state index in [-0.39, 0.29) is 5.56 Å². The van der Waals surface area contributed by atoms with Crippen LogP contribution in [0.4, 0.5) is 4.39 Å². The van der Waals surface area contributed by atoms with Crippen LogP contribution in [0.2, 0.25) is 0 Å². The Morgan fingerprint density at radius 3 is 2.35 bits per heavy atom. The van der Waals surface area contributed by atoms with E-state index in [0.29, 0.717) is 11.8 Å². The first-order valence-electron chi connectivity index (χ1n) is 5.45. The Balaban J connectivity index is 2.72. The average molecular weight is 228 g/mol. The van der Waals surface area contributed by atoms with Gasteiger partial charge in [-0.2, -0.15) is 0 Å². The topological polar surface area (TPSA) is 17.1 Å². The summed E-state index contributed by atoms with van der Waals surface area (Å²) in [5, 5.41) is 0. The van der Waals surface area contributed by atoms with Crippen molar-refractivity contribution < 1.29 is 9.18 Å². The van der Waals surface area contributed by atoms with Gasteiger partial charge in [-0.15, -0.1) is 0 Å². The van der Waals surface area contributed by atoms with Crippen molar-refractivity contribution in [2.75, 3.05) is 0 Å². The summed E-state index contributed by atoms with van der Waals surface area (Å²) in [6, 6.07) is 11.2. The van der Waals surface area contributed by atoms with Crippen molar-refractivity contribution in [3.05, 3.63) is 58.9 Å². The highest BCUT2D eigenvalue weighted by atomic mass is 19.1. The number of benzene rings is 2. The molecule has 0 heterocycles. The first-order valence-corrected chi connectivity index (χ1v) is 5.45. The molecule has 2 heteroatoms. The van der Waals surface area contributed by atoms with Crippen LogP contribution in [0.3, 0.4) is 0 Å². The van der Waals surface area contributed by atoms with Gasteiger partial charge in [-0.3, -0.25) is 4.79 Å². The monoisotopic (exact) mass is 228 g/mol. The van der Waals surface area contributed by atoms with E-state index in [1.807, 2.05) is 37.3 Å². The second-order valence-electron chi connectivity index (χ2n) is 4.08. The molecule has 0 unspecified atom stereocenters. The Hall–Kier alpha value is -1.96. The zero-order chi connectivity index (χ0) is 12.4. The molecule has 0 aliphatic rings.